The highest BCUT2D eigenvalue weighted by Gasteiger charge is 2.47. The maximum Gasteiger partial charge on any atom is 0.324 e. The molecule has 2 aliphatic rings. The van der Waals surface area contributed by atoms with Crippen molar-refractivity contribution >= 4 is 37.4 Å². The van der Waals surface area contributed by atoms with E-state index in [2.05, 4.69) is 40.7 Å². The largest absolute Gasteiger partial charge is 0.480 e. The van der Waals surface area contributed by atoms with E-state index in [4.69, 9.17) is 29.4 Å². The van der Waals surface area contributed by atoms with Crippen molar-refractivity contribution in [3.8, 4) is 23.0 Å². The third-order valence-electron chi connectivity index (χ3n) is 8.91. The molecule has 0 bridgehead atoms. The van der Waals surface area contributed by atoms with E-state index in [0.29, 0.717) is 86.7 Å². The lowest BCUT2D eigenvalue weighted by molar-refractivity contribution is -0.139. The Morgan fingerprint density at radius 2 is 1.28 bits per heavy atom. The second-order valence-electron chi connectivity index (χ2n) is 13.4. The summed E-state index contributed by atoms with van der Waals surface area (Å²) in [5, 5.41) is 28.3. The van der Waals surface area contributed by atoms with Crippen molar-refractivity contribution in [3.63, 3.8) is 0 Å². The zero-order valence-electron chi connectivity index (χ0n) is 30.3. The molecule has 0 amide bonds. The number of ketones is 1. The van der Waals surface area contributed by atoms with Crippen LogP contribution in [-0.2, 0) is 45.2 Å². The summed E-state index contributed by atoms with van der Waals surface area (Å²) in [5.74, 6) is 0.925. The van der Waals surface area contributed by atoms with E-state index in [-0.39, 0.29) is 12.4 Å². The molecule has 22 heteroatoms. The number of anilines is 1. The molecular weight excluding hydrogens is 739 g/mol. The van der Waals surface area contributed by atoms with E-state index in [9.17, 15) is 26.4 Å². The number of Topliss-reactive ketones (excluding diaryl/α,β-unsaturated/α-hetero) is 1. The van der Waals surface area contributed by atoms with Crippen molar-refractivity contribution in [1.29, 1.82) is 0 Å². The number of carboxylic acid groups (broad SMARTS) is 1. The third-order valence-corrected chi connectivity index (χ3v) is 14.9. The first-order valence-electron chi connectivity index (χ1n) is 16.6. The van der Waals surface area contributed by atoms with Crippen LogP contribution in [0, 0.1) is 13.8 Å². The van der Waals surface area contributed by atoms with Crippen LogP contribution in [0.25, 0.3) is 23.0 Å². The van der Waals surface area contributed by atoms with Gasteiger partial charge in [-0.05, 0) is 67.2 Å². The van der Waals surface area contributed by atoms with Crippen LogP contribution in [0.15, 0.2) is 21.2 Å². The van der Waals surface area contributed by atoms with Crippen LogP contribution in [-0.4, -0.2) is 121 Å². The van der Waals surface area contributed by atoms with Gasteiger partial charge in [0.2, 0.25) is 11.8 Å². The van der Waals surface area contributed by atoms with Gasteiger partial charge in [0.15, 0.2) is 47.4 Å². The number of hydrogen-bond acceptors (Lipinski definition) is 17. The van der Waals surface area contributed by atoms with E-state index in [1.807, 2.05) is 0 Å². The van der Waals surface area contributed by atoms with Gasteiger partial charge in [-0.2, -0.15) is 10.1 Å². The zero-order chi connectivity index (χ0) is 39.2. The van der Waals surface area contributed by atoms with Gasteiger partial charge >= 0.3 is 5.97 Å². The molecule has 0 radical (unpaired) electrons. The molecule has 6 rings (SSSR count). The lowest BCUT2D eigenvalue weighted by atomic mass is 10.1. The molecule has 20 nitrogen and oxygen atoms in total. The number of nitrogens with two attached hydrogens (primary N) is 1. The summed E-state index contributed by atoms with van der Waals surface area (Å²) in [6, 6.07) is 3.42. The molecule has 0 spiro atoms. The number of ether oxygens (including phenoxy) is 2. The molecule has 4 aromatic heterocycles. The molecule has 0 atom stereocenters. The fourth-order valence-electron chi connectivity index (χ4n) is 5.28. The number of rotatable bonds is 10. The normalized spacial score (nSPS) is 16.3. The fourth-order valence-corrected chi connectivity index (χ4v) is 9.20. The molecular formula is C31H45N9O11S2. The van der Waals surface area contributed by atoms with Gasteiger partial charge in [0.25, 0.3) is 0 Å². The van der Waals surface area contributed by atoms with Crippen molar-refractivity contribution in [2.24, 2.45) is 0 Å². The Morgan fingerprint density at radius 1 is 0.792 bits per heavy atom. The molecule has 0 aromatic carbocycles. The van der Waals surface area contributed by atoms with Crippen LogP contribution < -0.4 is 5.73 Å². The average Bonchev–Trinajstić information content (AvgIpc) is 3.95. The number of carbonyl (C=O) groups excluding carboxylic acids is 1. The van der Waals surface area contributed by atoms with Crippen molar-refractivity contribution < 1.29 is 50.1 Å². The van der Waals surface area contributed by atoms with E-state index >= 15 is 0 Å². The monoisotopic (exact) mass is 783 g/mol. The van der Waals surface area contributed by atoms with Gasteiger partial charge in [0, 0.05) is 38.6 Å². The molecule has 2 saturated heterocycles. The number of nitrogens with zero attached hydrogens (tertiary/aromatic N) is 6. The summed E-state index contributed by atoms with van der Waals surface area (Å²) in [4.78, 5) is 31.7. The molecule has 6 heterocycles. The highest BCUT2D eigenvalue weighted by molar-refractivity contribution is 7.94. The van der Waals surface area contributed by atoms with Crippen molar-refractivity contribution in [2.45, 2.75) is 93.6 Å². The number of carbonyl (C=O) groups is 2. The number of aryl methyl sites for hydroxylation is 2. The van der Waals surface area contributed by atoms with Gasteiger partial charge in [0.1, 0.15) is 22.1 Å². The number of aromatic amines is 2. The molecule has 2 aliphatic heterocycles. The van der Waals surface area contributed by atoms with Gasteiger partial charge in [0.05, 0.1) is 16.9 Å². The quantitative estimate of drug-likeness (QED) is 0.179. The average molecular weight is 784 g/mol. The number of hydrogen-bond donors (Lipinski definition) is 4. The molecule has 0 aliphatic carbocycles. The first-order valence-corrected chi connectivity index (χ1v) is 19.7. The maximum absolute atomic E-state index is 12.9. The molecule has 4 aromatic rings. The highest BCUT2D eigenvalue weighted by atomic mass is 32.2. The predicted octanol–water partition coefficient (Wildman–Crippen LogP) is 2.05. The second-order valence-corrected chi connectivity index (χ2v) is 19.0. The zero-order valence-corrected chi connectivity index (χ0v) is 31.9. The summed E-state index contributed by atoms with van der Waals surface area (Å²) in [6.07, 6.45) is 1.45. The van der Waals surface area contributed by atoms with Crippen LogP contribution in [0.5, 0.6) is 0 Å². The van der Waals surface area contributed by atoms with Gasteiger partial charge in [-0.1, -0.05) is 10.3 Å². The smallest absolute Gasteiger partial charge is 0.324 e. The summed E-state index contributed by atoms with van der Waals surface area (Å²) in [5.41, 5.74) is 6.37. The summed E-state index contributed by atoms with van der Waals surface area (Å²) >= 11 is 0. The van der Waals surface area contributed by atoms with Gasteiger partial charge in [-0.25, -0.2) is 21.8 Å². The lowest BCUT2D eigenvalue weighted by Gasteiger charge is -2.31. The Kier molecular flexibility index (Phi) is 12.9. The van der Waals surface area contributed by atoms with Crippen LogP contribution in [0.1, 0.15) is 70.7 Å². The maximum atomic E-state index is 12.9. The first-order chi connectivity index (χ1) is 24.8. The van der Waals surface area contributed by atoms with E-state index in [0.717, 1.165) is 5.76 Å². The fraction of sp³-hybridized carbons (Fsp3) is 0.613. The molecule has 5 N–H and O–H groups in total. The number of nitrogens with one attached hydrogen (secondary N) is 2. The Hall–Kier alpha value is -4.54. The Morgan fingerprint density at radius 3 is 1.72 bits per heavy atom. The second kappa shape index (κ2) is 16.6. The van der Waals surface area contributed by atoms with E-state index in [1.165, 1.54) is 27.7 Å². The number of aromatic nitrogens is 8. The van der Waals surface area contributed by atoms with Gasteiger partial charge < -0.3 is 29.4 Å². The topological polar surface area (TPSA) is 302 Å². The Bertz CT molecular complexity index is 2030. The van der Waals surface area contributed by atoms with Crippen LogP contribution in [0.2, 0.25) is 0 Å². The third kappa shape index (κ3) is 9.53. The number of sulfone groups is 2. The predicted molar refractivity (Wildman–Crippen MR) is 188 cm³/mol. The van der Waals surface area contributed by atoms with Gasteiger partial charge in [-0.3, -0.25) is 19.8 Å². The Balaban J connectivity index is 0.000000196. The number of H-pyrrole nitrogens is 2. The highest BCUT2D eigenvalue weighted by Crippen LogP contribution is 2.30. The molecule has 0 unspecified atom stereocenters. The minimum atomic E-state index is -3.64. The molecule has 53 heavy (non-hydrogen) atoms. The van der Waals surface area contributed by atoms with Crippen molar-refractivity contribution in [3.05, 3.63) is 29.5 Å². The van der Waals surface area contributed by atoms with E-state index in [1.54, 1.807) is 26.0 Å². The summed E-state index contributed by atoms with van der Waals surface area (Å²) in [6.45, 7) is 10.5. The summed E-state index contributed by atoms with van der Waals surface area (Å²) < 4.78 is 66.8. The van der Waals surface area contributed by atoms with Crippen molar-refractivity contribution in [1.82, 2.24) is 40.7 Å². The van der Waals surface area contributed by atoms with Crippen LogP contribution in [0.3, 0.4) is 0 Å². The minimum absolute atomic E-state index is 0.153. The lowest BCUT2D eigenvalue weighted by Crippen LogP contribution is -2.48. The standard InChI is InChI=1S/C16H22N4O5S.C9H16O5S.C6H7N5O/c1-10-8-12(20-25-10)15-17-14(18-19-15)9-13(21)16(2,3)26(22,23)11-4-6-24-7-5-11;1-9(2,8(10)11)15(12,13)7-3-5-14-6-4-7;1-3-2-4(11-12-3)5-8-6(7)10-9-5/h8,11H,4-7,9H2,1-3H3,(H,17,18,19);7H,3-6H2,1-2H3,(H,10,11);2H,1H3,(H3,7,8,9,10). The molecule has 2 fully saturated rings. The first kappa shape index (κ1) is 41.2. The minimum Gasteiger partial charge on any atom is -0.480 e. The Labute approximate surface area is 305 Å². The van der Waals surface area contributed by atoms with Gasteiger partial charge in [-0.15, -0.1) is 5.10 Å². The van der Waals surface area contributed by atoms with E-state index < -0.39 is 51.4 Å². The molecule has 0 saturated carbocycles. The SMILES string of the molecule is CC(C)(C(=O)O)S(=O)(=O)C1CCOCC1.Cc1cc(-c2n[nH]c(CC(=O)C(C)(C)S(=O)(=O)C3CCOCC3)n2)no1.Cc1cc(-c2nc(N)n[nH]2)no1. The number of aliphatic carboxylic acids is 1. The van der Waals surface area contributed by atoms with Crippen LogP contribution >= 0.6 is 0 Å². The molecule has 292 valence electrons. The number of nitrogen functional groups attached to an aromatic ring is 1. The van der Waals surface area contributed by atoms with Crippen molar-refractivity contribution in [2.75, 3.05) is 32.2 Å². The summed E-state index contributed by atoms with van der Waals surface area (Å²) in [7, 11) is -7.28. The van der Waals surface area contributed by atoms with Crippen LogP contribution in [0.4, 0.5) is 5.95 Å². The number of carboxylic acids is 1.